The van der Waals surface area contributed by atoms with E-state index in [9.17, 15) is 13.2 Å². The van der Waals surface area contributed by atoms with Crippen molar-refractivity contribution in [1.29, 1.82) is 0 Å². The standard InChI is InChI=1S/C4H5F3.H3N/c1-2-3-4(5,6)7;/h2H,1,3H2;1H3. The molecule has 0 bridgehead atoms. The second-order valence-corrected chi connectivity index (χ2v) is 1.11. The van der Waals surface area contributed by atoms with Gasteiger partial charge in [-0.05, 0) is 0 Å². The van der Waals surface area contributed by atoms with Gasteiger partial charge in [0.15, 0.2) is 0 Å². The third kappa shape index (κ3) is 9.09. The van der Waals surface area contributed by atoms with E-state index in [-0.39, 0.29) is 6.15 Å². The van der Waals surface area contributed by atoms with Gasteiger partial charge in [0.25, 0.3) is 0 Å². The van der Waals surface area contributed by atoms with Crippen LogP contribution in [0.1, 0.15) is 6.42 Å². The van der Waals surface area contributed by atoms with E-state index in [0.717, 1.165) is 6.08 Å². The molecule has 0 saturated heterocycles. The number of allylic oxidation sites excluding steroid dienone is 1. The Labute approximate surface area is 45.8 Å². The molecule has 8 heavy (non-hydrogen) atoms. The van der Waals surface area contributed by atoms with Gasteiger partial charge >= 0.3 is 6.18 Å². The van der Waals surface area contributed by atoms with Gasteiger partial charge in [-0.1, -0.05) is 6.08 Å². The molecule has 0 saturated carbocycles. The number of hydrogen-bond acceptors (Lipinski definition) is 1. The van der Waals surface area contributed by atoms with Crippen molar-refractivity contribution in [1.82, 2.24) is 6.15 Å². The lowest BCUT2D eigenvalue weighted by Gasteiger charge is -1.97. The largest absolute Gasteiger partial charge is 0.392 e. The van der Waals surface area contributed by atoms with Crippen molar-refractivity contribution < 1.29 is 13.2 Å². The zero-order valence-electron chi connectivity index (χ0n) is 4.33. The molecule has 0 spiro atoms. The predicted octanol–water partition coefficient (Wildman–Crippen LogP) is 2.29. The lowest BCUT2D eigenvalue weighted by Crippen LogP contribution is -2.03. The summed E-state index contributed by atoms with van der Waals surface area (Å²) in [5.41, 5.74) is 0. The average Bonchev–Trinajstić information content (AvgIpc) is 1.30. The summed E-state index contributed by atoms with van der Waals surface area (Å²) in [6.45, 7) is 2.93. The SMILES string of the molecule is C=CCC(F)(F)F.N. The Balaban J connectivity index is 0. The fourth-order valence-corrected chi connectivity index (χ4v) is 0.164. The highest BCUT2D eigenvalue weighted by Crippen LogP contribution is 2.18. The topological polar surface area (TPSA) is 35.0 Å². The van der Waals surface area contributed by atoms with E-state index in [4.69, 9.17) is 0 Å². The monoisotopic (exact) mass is 127 g/mol. The van der Waals surface area contributed by atoms with Crippen LogP contribution in [0.25, 0.3) is 0 Å². The molecular formula is C4H8F3N. The van der Waals surface area contributed by atoms with E-state index < -0.39 is 12.6 Å². The van der Waals surface area contributed by atoms with E-state index in [0.29, 0.717) is 0 Å². The summed E-state index contributed by atoms with van der Waals surface area (Å²) in [5.74, 6) is 0. The Hall–Kier alpha value is -0.510. The van der Waals surface area contributed by atoms with Crippen LogP contribution in [0, 0.1) is 0 Å². The molecule has 50 valence electrons. The lowest BCUT2D eigenvalue weighted by atomic mass is 10.4. The summed E-state index contributed by atoms with van der Waals surface area (Å²) >= 11 is 0. The van der Waals surface area contributed by atoms with Crippen molar-refractivity contribution in [3.05, 3.63) is 12.7 Å². The molecule has 1 nitrogen and oxygen atoms in total. The van der Waals surface area contributed by atoms with E-state index in [2.05, 4.69) is 6.58 Å². The Morgan fingerprint density at radius 1 is 1.38 bits per heavy atom. The summed E-state index contributed by atoms with van der Waals surface area (Å²) in [7, 11) is 0. The molecule has 0 fully saturated rings. The van der Waals surface area contributed by atoms with E-state index in [1.807, 2.05) is 0 Å². The maximum Gasteiger partial charge on any atom is 0.392 e. The van der Waals surface area contributed by atoms with Gasteiger partial charge < -0.3 is 6.15 Å². The molecule has 0 rings (SSSR count). The fourth-order valence-electron chi connectivity index (χ4n) is 0.164. The Kier molecular flexibility index (Phi) is 4.56. The molecule has 0 aromatic rings. The normalized spacial score (nSPS) is 9.88. The van der Waals surface area contributed by atoms with Crippen LogP contribution in [0.15, 0.2) is 12.7 Å². The van der Waals surface area contributed by atoms with Gasteiger partial charge in [0.2, 0.25) is 0 Å². The lowest BCUT2D eigenvalue weighted by molar-refractivity contribution is -0.124. The average molecular weight is 127 g/mol. The Bertz CT molecular complexity index is 66.2. The molecule has 0 aliphatic rings. The zero-order chi connectivity index (χ0) is 5.91. The molecule has 0 aliphatic heterocycles. The minimum atomic E-state index is -4.07. The first-order valence-electron chi connectivity index (χ1n) is 1.74. The predicted molar refractivity (Wildman–Crippen MR) is 25.9 cm³/mol. The molecular weight excluding hydrogens is 119 g/mol. The molecule has 0 heterocycles. The first-order chi connectivity index (χ1) is 3.06. The number of alkyl halides is 3. The minimum Gasteiger partial charge on any atom is -0.344 e. The van der Waals surface area contributed by atoms with Gasteiger partial charge in [0.1, 0.15) is 0 Å². The van der Waals surface area contributed by atoms with Crippen LogP contribution in [0.2, 0.25) is 0 Å². The summed E-state index contributed by atoms with van der Waals surface area (Å²) in [5, 5.41) is 0. The summed E-state index contributed by atoms with van der Waals surface area (Å²) in [4.78, 5) is 0. The second-order valence-electron chi connectivity index (χ2n) is 1.11. The molecule has 4 heteroatoms. The smallest absolute Gasteiger partial charge is 0.344 e. The molecule has 0 aliphatic carbocycles. The number of hydrogen-bond donors (Lipinski definition) is 1. The second kappa shape index (κ2) is 3.49. The third-order valence-electron chi connectivity index (χ3n) is 0.376. The zero-order valence-corrected chi connectivity index (χ0v) is 4.33. The van der Waals surface area contributed by atoms with Crippen molar-refractivity contribution in [2.75, 3.05) is 0 Å². The summed E-state index contributed by atoms with van der Waals surface area (Å²) < 4.78 is 33.0. The Morgan fingerprint density at radius 2 is 1.75 bits per heavy atom. The molecule has 0 atom stereocenters. The van der Waals surface area contributed by atoms with Crippen molar-refractivity contribution in [2.24, 2.45) is 0 Å². The van der Waals surface area contributed by atoms with Gasteiger partial charge in [-0.25, -0.2) is 0 Å². The van der Waals surface area contributed by atoms with Crippen LogP contribution in [-0.4, -0.2) is 6.18 Å². The van der Waals surface area contributed by atoms with Crippen LogP contribution in [0.4, 0.5) is 13.2 Å². The van der Waals surface area contributed by atoms with Crippen LogP contribution >= 0.6 is 0 Å². The minimum absolute atomic E-state index is 0. The molecule has 3 N–H and O–H groups in total. The highest BCUT2D eigenvalue weighted by Gasteiger charge is 2.23. The molecule has 0 aromatic carbocycles. The maximum atomic E-state index is 11.0. The highest BCUT2D eigenvalue weighted by atomic mass is 19.4. The van der Waals surface area contributed by atoms with Crippen molar-refractivity contribution in [3.8, 4) is 0 Å². The van der Waals surface area contributed by atoms with Crippen LogP contribution < -0.4 is 6.15 Å². The molecule has 0 unspecified atom stereocenters. The molecule has 0 amide bonds. The van der Waals surface area contributed by atoms with Gasteiger partial charge in [0.05, 0.1) is 6.42 Å². The van der Waals surface area contributed by atoms with Gasteiger partial charge in [-0.3, -0.25) is 0 Å². The van der Waals surface area contributed by atoms with Gasteiger partial charge in [0, 0.05) is 0 Å². The van der Waals surface area contributed by atoms with E-state index >= 15 is 0 Å². The highest BCUT2D eigenvalue weighted by molar-refractivity contribution is 4.70. The van der Waals surface area contributed by atoms with Gasteiger partial charge in [-0.2, -0.15) is 13.2 Å². The summed E-state index contributed by atoms with van der Waals surface area (Å²) in [6, 6.07) is 0. The van der Waals surface area contributed by atoms with Crippen LogP contribution in [-0.2, 0) is 0 Å². The Morgan fingerprint density at radius 3 is 1.75 bits per heavy atom. The van der Waals surface area contributed by atoms with Crippen molar-refractivity contribution in [2.45, 2.75) is 12.6 Å². The summed E-state index contributed by atoms with van der Waals surface area (Å²) in [6.07, 6.45) is -4.13. The maximum absolute atomic E-state index is 11.0. The number of halogens is 3. The number of rotatable bonds is 1. The van der Waals surface area contributed by atoms with Gasteiger partial charge in [-0.15, -0.1) is 6.58 Å². The van der Waals surface area contributed by atoms with Crippen molar-refractivity contribution >= 4 is 0 Å². The fraction of sp³-hybridized carbons (Fsp3) is 0.500. The molecule has 0 radical (unpaired) electrons. The van der Waals surface area contributed by atoms with E-state index in [1.165, 1.54) is 0 Å². The first-order valence-corrected chi connectivity index (χ1v) is 1.74. The van der Waals surface area contributed by atoms with Crippen LogP contribution in [0.5, 0.6) is 0 Å². The molecule has 0 aromatic heterocycles. The van der Waals surface area contributed by atoms with Crippen LogP contribution in [0.3, 0.4) is 0 Å². The van der Waals surface area contributed by atoms with E-state index in [1.54, 1.807) is 0 Å². The third-order valence-corrected chi connectivity index (χ3v) is 0.376. The quantitative estimate of drug-likeness (QED) is 0.539. The van der Waals surface area contributed by atoms with Crippen molar-refractivity contribution in [3.63, 3.8) is 0 Å². The first kappa shape index (κ1) is 10.5.